The molecule has 1 unspecified atom stereocenters. The Morgan fingerprint density at radius 2 is 1.82 bits per heavy atom. The number of hydrogen-bond acceptors (Lipinski definition) is 4. The topological polar surface area (TPSA) is 38.8 Å². The van der Waals surface area contributed by atoms with E-state index in [9.17, 15) is 9.18 Å². The van der Waals surface area contributed by atoms with Crippen molar-refractivity contribution in [3.8, 4) is 5.75 Å². The molecule has 1 atom stereocenters. The first-order chi connectivity index (χ1) is 19.0. The molecule has 0 N–H and O–H groups in total. The van der Waals surface area contributed by atoms with Crippen LogP contribution in [0.15, 0.2) is 60.7 Å². The number of halogens is 3. The molecular formula is C32H32Cl2FNO3. The third-order valence-corrected chi connectivity index (χ3v) is 8.06. The molecule has 0 amide bonds. The number of hydrogen-bond donors (Lipinski definition) is 0. The summed E-state index contributed by atoms with van der Waals surface area (Å²) in [6.07, 6.45) is 4.19. The van der Waals surface area contributed by atoms with Gasteiger partial charge in [0.2, 0.25) is 0 Å². The average molecular weight is 569 g/mol. The Labute approximate surface area is 239 Å². The van der Waals surface area contributed by atoms with Crippen molar-refractivity contribution in [3.63, 3.8) is 0 Å². The summed E-state index contributed by atoms with van der Waals surface area (Å²) < 4.78 is 23.8. The van der Waals surface area contributed by atoms with Crippen LogP contribution in [-0.2, 0) is 11.2 Å². The van der Waals surface area contributed by atoms with Crippen molar-refractivity contribution < 1.29 is 18.7 Å². The van der Waals surface area contributed by atoms with E-state index in [2.05, 4.69) is 17.0 Å². The molecule has 3 aromatic carbocycles. The Balaban J connectivity index is 1.51. The van der Waals surface area contributed by atoms with Crippen LogP contribution in [0, 0.1) is 0 Å². The van der Waals surface area contributed by atoms with Crippen LogP contribution in [0.4, 0.5) is 4.39 Å². The fourth-order valence-corrected chi connectivity index (χ4v) is 6.16. The third kappa shape index (κ3) is 6.32. The molecule has 1 aliphatic carbocycles. The number of carbonyl (C=O) groups is 1. The number of benzene rings is 3. The van der Waals surface area contributed by atoms with E-state index in [1.54, 1.807) is 6.07 Å². The quantitative estimate of drug-likeness (QED) is 0.259. The lowest BCUT2D eigenvalue weighted by Crippen LogP contribution is -2.26. The summed E-state index contributed by atoms with van der Waals surface area (Å²) >= 11 is 12.9. The standard InChI is InChI=1S/C32H32Cl2FNO3/c1-38-32(37)23-8-12-27-22(18-23)4-2-5-29(28-13-9-24(33)19-30(28)34)31(27)21-6-10-25(11-7-21)39-26-14-17-36(20-26)16-3-15-35/h6-13,18-19,26H,2-5,14-17,20H2,1H3. The van der Waals surface area contributed by atoms with Gasteiger partial charge in [0.05, 0.1) is 19.3 Å². The van der Waals surface area contributed by atoms with Gasteiger partial charge in [0.25, 0.3) is 0 Å². The van der Waals surface area contributed by atoms with E-state index in [4.69, 9.17) is 32.7 Å². The number of alkyl halides is 1. The molecule has 1 heterocycles. The molecule has 3 aromatic rings. The SMILES string of the molecule is COC(=O)c1ccc2c(c1)CCCC(c1ccc(Cl)cc1Cl)=C2c1ccc(OC2CCN(CCCF)C2)cc1. The minimum absolute atomic E-state index is 0.105. The zero-order chi connectivity index (χ0) is 27.4. The number of carbonyl (C=O) groups excluding carboxylic acids is 1. The second-order valence-corrected chi connectivity index (χ2v) is 10.9. The Morgan fingerprint density at radius 1 is 1.03 bits per heavy atom. The number of nitrogens with zero attached hydrogens (tertiary/aromatic N) is 1. The molecule has 7 heteroatoms. The van der Waals surface area contributed by atoms with E-state index in [0.717, 1.165) is 84.5 Å². The predicted molar refractivity (Wildman–Crippen MR) is 156 cm³/mol. The molecule has 4 nitrogen and oxygen atoms in total. The molecule has 1 aliphatic heterocycles. The molecule has 0 aromatic heterocycles. The minimum Gasteiger partial charge on any atom is -0.489 e. The first kappa shape index (κ1) is 27.7. The third-order valence-electron chi connectivity index (χ3n) is 7.51. The van der Waals surface area contributed by atoms with Gasteiger partial charge < -0.3 is 9.47 Å². The fraction of sp³-hybridized carbons (Fsp3) is 0.344. The van der Waals surface area contributed by atoms with Gasteiger partial charge in [-0.05, 0) is 102 Å². The lowest BCUT2D eigenvalue weighted by molar-refractivity contribution is 0.0600. The first-order valence-electron chi connectivity index (χ1n) is 13.4. The molecule has 5 rings (SSSR count). The summed E-state index contributed by atoms with van der Waals surface area (Å²) in [7, 11) is 1.40. The van der Waals surface area contributed by atoms with Crippen molar-refractivity contribution in [1.29, 1.82) is 0 Å². The lowest BCUT2D eigenvalue weighted by atomic mass is 9.87. The molecule has 2 aliphatic rings. The number of likely N-dealkylation sites (tertiary alicyclic amines) is 1. The van der Waals surface area contributed by atoms with Crippen molar-refractivity contribution >= 4 is 40.3 Å². The van der Waals surface area contributed by atoms with E-state index in [-0.39, 0.29) is 18.7 Å². The zero-order valence-electron chi connectivity index (χ0n) is 22.0. The van der Waals surface area contributed by atoms with Gasteiger partial charge in [0, 0.05) is 29.7 Å². The van der Waals surface area contributed by atoms with Gasteiger partial charge in [-0.3, -0.25) is 9.29 Å². The van der Waals surface area contributed by atoms with Gasteiger partial charge >= 0.3 is 5.97 Å². The Hall–Kier alpha value is -2.86. The number of methoxy groups -OCH3 is 1. The Kier molecular flexibility index (Phi) is 8.91. The highest BCUT2D eigenvalue weighted by Crippen LogP contribution is 2.42. The summed E-state index contributed by atoms with van der Waals surface area (Å²) in [5.74, 6) is 0.475. The minimum atomic E-state index is -0.342. The highest BCUT2D eigenvalue weighted by molar-refractivity contribution is 6.36. The summed E-state index contributed by atoms with van der Waals surface area (Å²) in [4.78, 5) is 14.5. The maximum Gasteiger partial charge on any atom is 0.337 e. The van der Waals surface area contributed by atoms with Crippen molar-refractivity contribution in [3.05, 3.63) is 98.5 Å². The van der Waals surface area contributed by atoms with Crippen LogP contribution in [0.1, 0.15) is 58.3 Å². The van der Waals surface area contributed by atoms with Crippen molar-refractivity contribution in [2.24, 2.45) is 0 Å². The number of fused-ring (bicyclic) bond motifs is 1. The molecule has 204 valence electrons. The van der Waals surface area contributed by atoms with E-state index in [0.29, 0.717) is 22.0 Å². The first-order valence-corrected chi connectivity index (χ1v) is 14.2. The van der Waals surface area contributed by atoms with E-state index < -0.39 is 0 Å². The molecule has 1 saturated heterocycles. The van der Waals surface area contributed by atoms with Crippen molar-refractivity contribution in [2.45, 2.75) is 38.2 Å². The Morgan fingerprint density at radius 3 is 2.56 bits per heavy atom. The number of allylic oxidation sites excluding steroid dienone is 1. The van der Waals surface area contributed by atoms with Crippen LogP contribution in [0.2, 0.25) is 10.0 Å². The maximum absolute atomic E-state index is 12.6. The average Bonchev–Trinajstić information content (AvgIpc) is 3.30. The van der Waals surface area contributed by atoms with Crippen molar-refractivity contribution in [2.75, 3.05) is 33.4 Å². The molecule has 0 bridgehead atoms. The molecule has 39 heavy (non-hydrogen) atoms. The zero-order valence-corrected chi connectivity index (χ0v) is 23.5. The fourth-order valence-electron chi connectivity index (χ4n) is 5.64. The maximum atomic E-state index is 12.6. The van der Waals surface area contributed by atoms with Gasteiger partial charge in [-0.2, -0.15) is 0 Å². The van der Waals surface area contributed by atoms with E-state index in [1.165, 1.54) is 7.11 Å². The van der Waals surface area contributed by atoms with Gasteiger partial charge in [0.1, 0.15) is 11.9 Å². The van der Waals surface area contributed by atoms with Crippen molar-refractivity contribution in [1.82, 2.24) is 4.90 Å². The van der Waals surface area contributed by atoms with Gasteiger partial charge in [-0.25, -0.2) is 4.79 Å². The molecule has 0 radical (unpaired) electrons. The molecule has 0 saturated carbocycles. The molecule has 1 fully saturated rings. The largest absolute Gasteiger partial charge is 0.489 e. The van der Waals surface area contributed by atoms with Crippen LogP contribution < -0.4 is 4.74 Å². The number of aryl methyl sites for hydroxylation is 1. The van der Waals surface area contributed by atoms with Crippen LogP contribution >= 0.6 is 23.2 Å². The highest BCUT2D eigenvalue weighted by atomic mass is 35.5. The summed E-state index contributed by atoms with van der Waals surface area (Å²) in [5, 5.41) is 1.21. The molecular weight excluding hydrogens is 536 g/mol. The Bertz CT molecular complexity index is 1370. The van der Waals surface area contributed by atoms with Crippen LogP contribution in [0.5, 0.6) is 5.75 Å². The number of ether oxygens (including phenoxy) is 2. The highest BCUT2D eigenvalue weighted by Gasteiger charge is 2.25. The predicted octanol–water partition coefficient (Wildman–Crippen LogP) is 7.89. The summed E-state index contributed by atoms with van der Waals surface area (Å²) in [5.41, 5.74) is 6.97. The van der Waals surface area contributed by atoms with Gasteiger partial charge in [-0.1, -0.05) is 47.5 Å². The van der Waals surface area contributed by atoms with E-state index >= 15 is 0 Å². The second kappa shape index (κ2) is 12.5. The normalized spacial score (nSPS) is 17.6. The summed E-state index contributed by atoms with van der Waals surface area (Å²) in [6, 6.07) is 19.6. The van der Waals surface area contributed by atoms with Gasteiger partial charge in [-0.15, -0.1) is 0 Å². The van der Waals surface area contributed by atoms with Crippen LogP contribution in [-0.4, -0.2) is 50.4 Å². The monoisotopic (exact) mass is 567 g/mol. The van der Waals surface area contributed by atoms with Gasteiger partial charge in [0.15, 0.2) is 0 Å². The molecule has 0 spiro atoms. The number of esters is 1. The van der Waals surface area contributed by atoms with Crippen LogP contribution in [0.25, 0.3) is 11.1 Å². The second-order valence-electron chi connectivity index (χ2n) is 10.1. The summed E-state index contributed by atoms with van der Waals surface area (Å²) in [6.45, 7) is 2.25. The number of rotatable bonds is 8. The lowest BCUT2D eigenvalue weighted by Gasteiger charge is -2.19. The van der Waals surface area contributed by atoms with E-state index in [1.807, 2.05) is 42.5 Å². The smallest absolute Gasteiger partial charge is 0.337 e. The van der Waals surface area contributed by atoms with Crippen LogP contribution in [0.3, 0.4) is 0 Å².